The minimum Gasteiger partial charge on any atom is -0.377 e. The molecule has 30 heavy (non-hydrogen) atoms. The van der Waals surface area contributed by atoms with Crippen LogP contribution in [0.1, 0.15) is 35.6 Å². The van der Waals surface area contributed by atoms with Crippen LogP contribution in [0.25, 0.3) is 11.0 Å². The standard InChI is InChI=1S/C20H19F2N5O3/c1-25(11-18-24-14-4-2-3-5-16(14)26(18)20(21)22)19(28)12-6-9-15(23-13-7-8-13)17(10-12)27(29)30/h2-6,9-10,13,20,23H,7-8,11H2,1H3. The number of carbonyl (C=O) groups excluding carboxylic acids is 1. The predicted octanol–water partition coefficient (Wildman–Crippen LogP) is 4.19. The molecule has 156 valence electrons. The Balaban J connectivity index is 1.60. The van der Waals surface area contributed by atoms with Gasteiger partial charge in [-0.15, -0.1) is 0 Å². The number of para-hydroxylation sites is 2. The average molecular weight is 415 g/mol. The molecule has 1 aromatic heterocycles. The number of carbonyl (C=O) groups is 1. The Morgan fingerprint density at radius 3 is 2.73 bits per heavy atom. The number of imidazole rings is 1. The maximum atomic E-state index is 13.6. The second-order valence-electron chi connectivity index (χ2n) is 7.23. The van der Waals surface area contributed by atoms with E-state index in [0.29, 0.717) is 11.2 Å². The van der Waals surface area contributed by atoms with Crippen molar-refractivity contribution in [1.82, 2.24) is 14.5 Å². The molecule has 0 unspecified atom stereocenters. The lowest BCUT2D eigenvalue weighted by atomic mass is 10.1. The lowest BCUT2D eigenvalue weighted by Gasteiger charge is -2.18. The Hall–Kier alpha value is -3.56. The summed E-state index contributed by atoms with van der Waals surface area (Å²) in [5.74, 6) is -0.493. The summed E-state index contributed by atoms with van der Waals surface area (Å²) < 4.78 is 28.0. The smallest absolute Gasteiger partial charge is 0.320 e. The van der Waals surface area contributed by atoms with Gasteiger partial charge in [-0.2, -0.15) is 8.78 Å². The van der Waals surface area contributed by atoms with Gasteiger partial charge in [0.15, 0.2) is 0 Å². The Kier molecular flexibility index (Phi) is 5.06. The molecule has 0 bridgehead atoms. The normalized spacial score (nSPS) is 13.6. The summed E-state index contributed by atoms with van der Waals surface area (Å²) in [6.07, 6.45) is 1.90. The maximum Gasteiger partial charge on any atom is 0.320 e. The predicted molar refractivity (Wildman–Crippen MR) is 107 cm³/mol. The zero-order valence-corrected chi connectivity index (χ0v) is 16.1. The highest BCUT2D eigenvalue weighted by Gasteiger charge is 2.27. The first-order chi connectivity index (χ1) is 14.3. The topological polar surface area (TPSA) is 93.3 Å². The van der Waals surface area contributed by atoms with Gasteiger partial charge in [-0.05, 0) is 37.1 Å². The van der Waals surface area contributed by atoms with Gasteiger partial charge in [0.05, 0.1) is 22.5 Å². The van der Waals surface area contributed by atoms with E-state index in [1.165, 1.54) is 36.2 Å². The van der Waals surface area contributed by atoms with Crippen LogP contribution >= 0.6 is 0 Å². The molecule has 10 heteroatoms. The van der Waals surface area contributed by atoms with E-state index in [1.807, 2.05) is 0 Å². The number of rotatable bonds is 7. The first-order valence-corrected chi connectivity index (χ1v) is 9.39. The third-order valence-electron chi connectivity index (χ3n) is 4.97. The number of hydrogen-bond donors (Lipinski definition) is 1. The van der Waals surface area contributed by atoms with Gasteiger partial charge in [0.2, 0.25) is 0 Å². The molecule has 1 fully saturated rings. The van der Waals surface area contributed by atoms with E-state index >= 15 is 0 Å². The van der Waals surface area contributed by atoms with Crippen molar-refractivity contribution in [3.8, 4) is 0 Å². The number of alkyl halides is 2. The maximum absolute atomic E-state index is 13.6. The molecule has 8 nitrogen and oxygen atoms in total. The second-order valence-corrected chi connectivity index (χ2v) is 7.23. The first kappa shape index (κ1) is 19.7. The highest BCUT2D eigenvalue weighted by molar-refractivity contribution is 5.95. The number of amides is 1. The number of nitro groups is 1. The fraction of sp³-hybridized carbons (Fsp3) is 0.300. The van der Waals surface area contributed by atoms with Crippen LogP contribution in [0.15, 0.2) is 42.5 Å². The molecule has 1 N–H and O–H groups in total. The molecule has 2 aromatic carbocycles. The highest BCUT2D eigenvalue weighted by Crippen LogP contribution is 2.32. The summed E-state index contributed by atoms with van der Waals surface area (Å²) >= 11 is 0. The molecule has 1 aliphatic rings. The van der Waals surface area contributed by atoms with Crippen LogP contribution in [0.2, 0.25) is 0 Å². The minimum atomic E-state index is -2.82. The SMILES string of the molecule is CN(Cc1nc2ccccc2n1C(F)F)C(=O)c1ccc(NC2CC2)c([N+](=O)[O-])c1. The van der Waals surface area contributed by atoms with Gasteiger partial charge >= 0.3 is 6.55 Å². The van der Waals surface area contributed by atoms with E-state index in [9.17, 15) is 23.7 Å². The molecule has 0 aliphatic heterocycles. The van der Waals surface area contributed by atoms with E-state index in [4.69, 9.17) is 0 Å². The van der Waals surface area contributed by atoms with Crippen LogP contribution in [0.3, 0.4) is 0 Å². The molecule has 0 radical (unpaired) electrons. The second kappa shape index (κ2) is 7.69. The van der Waals surface area contributed by atoms with Crippen molar-refractivity contribution in [3.05, 3.63) is 64.0 Å². The number of halogens is 2. The van der Waals surface area contributed by atoms with Crippen molar-refractivity contribution in [2.24, 2.45) is 0 Å². The lowest BCUT2D eigenvalue weighted by molar-refractivity contribution is -0.384. The van der Waals surface area contributed by atoms with Crippen LogP contribution in [-0.4, -0.2) is 38.4 Å². The average Bonchev–Trinajstić information content (AvgIpc) is 3.45. The fourth-order valence-corrected chi connectivity index (χ4v) is 3.31. The van der Waals surface area contributed by atoms with E-state index in [0.717, 1.165) is 17.4 Å². The van der Waals surface area contributed by atoms with E-state index in [-0.39, 0.29) is 35.2 Å². The van der Waals surface area contributed by atoms with Crippen LogP contribution in [-0.2, 0) is 6.54 Å². The van der Waals surface area contributed by atoms with Crippen molar-refractivity contribution < 1.29 is 18.5 Å². The molecular formula is C20H19F2N5O3. The third kappa shape index (κ3) is 3.80. The van der Waals surface area contributed by atoms with E-state index < -0.39 is 17.4 Å². The zero-order valence-electron chi connectivity index (χ0n) is 16.1. The fourth-order valence-electron chi connectivity index (χ4n) is 3.31. The molecular weight excluding hydrogens is 396 g/mol. The Labute approximate surface area is 170 Å². The monoisotopic (exact) mass is 415 g/mol. The Morgan fingerprint density at radius 1 is 1.33 bits per heavy atom. The summed E-state index contributed by atoms with van der Waals surface area (Å²) in [5, 5.41) is 14.5. The number of fused-ring (bicyclic) bond motifs is 1. The summed E-state index contributed by atoms with van der Waals surface area (Å²) in [7, 11) is 1.44. The summed E-state index contributed by atoms with van der Waals surface area (Å²) in [6, 6.07) is 10.9. The quantitative estimate of drug-likeness (QED) is 0.461. The van der Waals surface area contributed by atoms with Gasteiger partial charge in [-0.25, -0.2) is 4.98 Å². The highest BCUT2D eigenvalue weighted by atomic mass is 19.3. The number of nitrogens with one attached hydrogen (secondary N) is 1. The van der Waals surface area contributed by atoms with Gasteiger partial charge in [-0.3, -0.25) is 19.5 Å². The summed E-state index contributed by atoms with van der Waals surface area (Å²) in [4.78, 5) is 29.1. The molecule has 1 aliphatic carbocycles. The van der Waals surface area contributed by atoms with Crippen molar-refractivity contribution in [2.75, 3.05) is 12.4 Å². The molecule has 1 saturated carbocycles. The number of anilines is 1. The van der Waals surface area contributed by atoms with Crippen molar-refractivity contribution >= 4 is 28.3 Å². The van der Waals surface area contributed by atoms with Crippen LogP contribution in [0, 0.1) is 10.1 Å². The van der Waals surface area contributed by atoms with Gasteiger partial charge in [0.25, 0.3) is 11.6 Å². The Morgan fingerprint density at radius 2 is 2.07 bits per heavy atom. The van der Waals surface area contributed by atoms with Gasteiger partial charge in [0, 0.05) is 24.7 Å². The molecule has 0 spiro atoms. The van der Waals surface area contributed by atoms with Gasteiger partial charge in [-0.1, -0.05) is 12.1 Å². The van der Waals surface area contributed by atoms with Crippen LogP contribution in [0.4, 0.5) is 20.2 Å². The van der Waals surface area contributed by atoms with Crippen molar-refractivity contribution in [3.63, 3.8) is 0 Å². The third-order valence-corrected chi connectivity index (χ3v) is 4.97. The number of nitrogens with zero attached hydrogens (tertiary/aromatic N) is 4. The van der Waals surface area contributed by atoms with Crippen LogP contribution < -0.4 is 5.32 Å². The molecule has 0 saturated heterocycles. The number of nitro benzene ring substituents is 1. The lowest BCUT2D eigenvalue weighted by Crippen LogP contribution is -2.28. The largest absolute Gasteiger partial charge is 0.377 e. The first-order valence-electron chi connectivity index (χ1n) is 9.39. The van der Waals surface area contributed by atoms with Gasteiger partial charge < -0.3 is 10.2 Å². The van der Waals surface area contributed by atoms with Crippen LogP contribution in [0.5, 0.6) is 0 Å². The van der Waals surface area contributed by atoms with E-state index in [2.05, 4.69) is 10.3 Å². The van der Waals surface area contributed by atoms with E-state index in [1.54, 1.807) is 18.2 Å². The summed E-state index contributed by atoms with van der Waals surface area (Å²) in [6.45, 7) is -2.99. The van der Waals surface area contributed by atoms with Crippen molar-refractivity contribution in [1.29, 1.82) is 0 Å². The number of hydrogen-bond acceptors (Lipinski definition) is 5. The molecule has 0 atom stereocenters. The Bertz CT molecular complexity index is 1130. The minimum absolute atomic E-state index is 0.0311. The molecule has 1 amide bonds. The number of aromatic nitrogens is 2. The van der Waals surface area contributed by atoms with Crippen molar-refractivity contribution in [2.45, 2.75) is 32.0 Å². The van der Waals surface area contributed by atoms with Gasteiger partial charge in [0.1, 0.15) is 11.5 Å². The molecule has 4 rings (SSSR count). The molecule has 3 aromatic rings. The number of benzene rings is 2. The summed E-state index contributed by atoms with van der Waals surface area (Å²) in [5.41, 5.74) is 0.946. The zero-order chi connectivity index (χ0) is 21.4. The molecule has 1 heterocycles.